The fraction of sp³-hybridized carbons (Fsp3) is 0.545. The van der Waals surface area contributed by atoms with Gasteiger partial charge in [0.25, 0.3) is 0 Å². The highest BCUT2D eigenvalue weighted by molar-refractivity contribution is 8.01. The van der Waals surface area contributed by atoms with Gasteiger partial charge in [0, 0.05) is 11.6 Å². The number of anilines is 2. The zero-order chi connectivity index (χ0) is 23.8. The van der Waals surface area contributed by atoms with Gasteiger partial charge in [-0.2, -0.15) is 13.2 Å². The number of halogens is 3. The molecule has 0 spiro atoms. The molecule has 3 rings (SSSR count). The van der Waals surface area contributed by atoms with Crippen LogP contribution in [0.2, 0.25) is 0 Å². The second kappa shape index (κ2) is 11.8. The Balaban J connectivity index is 1.40. The third-order valence-corrected chi connectivity index (χ3v) is 7.61. The van der Waals surface area contributed by atoms with Gasteiger partial charge in [-0.25, -0.2) is 0 Å². The van der Waals surface area contributed by atoms with E-state index in [2.05, 4.69) is 27.8 Å². The second-order valence-electron chi connectivity index (χ2n) is 8.13. The zero-order valence-electron chi connectivity index (χ0n) is 18.3. The predicted molar refractivity (Wildman–Crippen MR) is 124 cm³/mol. The van der Waals surface area contributed by atoms with Gasteiger partial charge in [0.05, 0.1) is 11.3 Å². The van der Waals surface area contributed by atoms with Crippen LogP contribution in [0.15, 0.2) is 28.6 Å². The van der Waals surface area contributed by atoms with E-state index >= 15 is 0 Å². The van der Waals surface area contributed by atoms with E-state index in [0.29, 0.717) is 9.47 Å². The molecule has 0 unspecified atom stereocenters. The molecule has 1 aromatic carbocycles. The fourth-order valence-electron chi connectivity index (χ4n) is 3.80. The monoisotopic (exact) mass is 500 g/mol. The summed E-state index contributed by atoms with van der Waals surface area (Å²) in [6, 6.07) is 4.25. The summed E-state index contributed by atoms with van der Waals surface area (Å²) in [4.78, 5) is 24.6. The van der Waals surface area contributed by atoms with Crippen LogP contribution in [-0.4, -0.2) is 27.8 Å². The third-order valence-electron chi connectivity index (χ3n) is 5.64. The maximum absolute atomic E-state index is 12.6. The van der Waals surface area contributed by atoms with Crippen LogP contribution < -0.4 is 10.6 Å². The van der Waals surface area contributed by atoms with E-state index in [9.17, 15) is 22.8 Å². The number of hydrogen-bond donors (Lipinski definition) is 2. The molecule has 0 atom stereocenters. The third kappa shape index (κ3) is 7.99. The highest BCUT2D eigenvalue weighted by Gasteiger charge is 2.30. The normalized spacial score (nSPS) is 18.7. The lowest BCUT2D eigenvalue weighted by Gasteiger charge is -2.27. The van der Waals surface area contributed by atoms with Crippen LogP contribution in [0.1, 0.15) is 57.4 Å². The Kier molecular flexibility index (Phi) is 9.13. The minimum absolute atomic E-state index is 0.00242. The van der Waals surface area contributed by atoms with Gasteiger partial charge in [0.2, 0.25) is 16.9 Å². The summed E-state index contributed by atoms with van der Waals surface area (Å²) in [6.45, 7) is 2.19. The van der Waals surface area contributed by atoms with Gasteiger partial charge in [0.1, 0.15) is 0 Å². The number of hydrogen-bond acceptors (Lipinski definition) is 6. The molecule has 1 aliphatic rings. The molecule has 0 radical (unpaired) electrons. The Morgan fingerprint density at radius 2 is 1.79 bits per heavy atom. The molecule has 0 aliphatic heterocycles. The molecule has 6 nitrogen and oxygen atoms in total. The van der Waals surface area contributed by atoms with Crippen molar-refractivity contribution in [2.75, 3.05) is 16.4 Å². The van der Waals surface area contributed by atoms with Gasteiger partial charge in [-0.05, 0) is 55.9 Å². The highest BCUT2D eigenvalue weighted by atomic mass is 32.2. The van der Waals surface area contributed by atoms with E-state index in [1.165, 1.54) is 42.7 Å². The zero-order valence-corrected chi connectivity index (χ0v) is 19.9. The van der Waals surface area contributed by atoms with Crippen molar-refractivity contribution in [1.82, 2.24) is 10.2 Å². The predicted octanol–water partition coefficient (Wildman–Crippen LogP) is 6.22. The Labute approximate surface area is 199 Å². The molecule has 180 valence electrons. The van der Waals surface area contributed by atoms with Crippen LogP contribution in [0.25, 0.3) is 0 Å². The average Bonchev–Trinajstić information content (AvgIpc) is 3.23. The summed E-state index contributed by atoms with van der Waals surface area (Å²) in [5.74, 6) is 0.340. The molecule has 1 aliphatic carbocycles. The summed E-state index contributed by atoms with van der Waals surface area (Å²) in [7, 11) is 0. The number of nitrogens with zero attached hydrogens (tertiary/aromatic N) is 2. The van der Waals surface area contributed by atoms with E-state index < -0.39 is 11.7 Å². The van der Waals surface area contributed by atoms with Crippen molar-refractivity contribution in [2.24, 2.45) is 11.8 Å². The molecule has 2 aromatic rings. The molecular formula is C22H27F3N4O2S2. The summed E-state index contributed by atoms with van der Waals surface area (Å²) in [6.07, 6.45) is 3.23. The van der Waals surface area contributed by atoms with Crippen molar-refractivity contribution in [3.63, 3.8) is 0 Å². The van der Waals surface area contributed by atoms with Gasteiger partial charge in [-0.1, -0.05) is 49.3 Å². The minimum atomic E-state index is -4.42. The Morgan fingerprint density at radius 3 is 2.42 bits per heavy atom. The lowest BCUT2D eigenvalue weighted by molar-refractivity contribution is -0.137. The smallest absolute Gasteiger partial charge is 0.325 e. The number of nitrogens with one attached hydrogen (secondary N) is 2. The van der Waals surface area contributed by atoms with Gasteiger partial charge < -0.3 is 10.6 Å². The van der Waals surface area contributed by atoms with Crippen molar-refractivity contribution >= 4 is 45.7 Å². The van der Waals surface area contributed by atoms with E-state index in [1.54, 1.807) is 0 Å². The highest BCUT2D eigenvalue weighted by Crippen LogP contribution is 2.33. The van der Waals surface area contributed by atoms with Gasteiger partial charge in [0.15, 0.2) is 4.34 Å². The molecule has 1 aromatic heterocycles. The van der Waals surface area contributed by atoms with E-state index in [-0.39, 0.29) is 29.2 Å². The van der Waals surface area contributed by atoms with E-state index in [4.69, 9.17) is 0 Å². The number of thioether (sulfide) groups is 1. The molecule has 1 heterocycles. The van der Waals surface area contributed by atoms with Crippen LogP contribution in [0.4, 0.5) is 24.0 Å². The number of aromatic nitrogens is 2. The van der Waals surface area contributed by atoms with Crippen molar-refractivity contribution in [3.05, 3.63) is 29.8 Å². The summed E-state index contributed by atoms with van der Waals surface area (Å²) < 4.78 is 38.3. The SMILES string of the molecule is CCCCC1CCC(C(=O)Nc2nnc(SCC(=O)Nc3ccc(C(F)(F)F)cc3)s2)CC1. The molecule has 0 saturated heterocycles. The average molecular weight is 501 g/mol. The molecule has 1 fully saturated rings. The van der Waals surface area contributed by atoms with Crippen molar-refractivity contribution in [1.29, 1.82) is 0 Å². The maximum atomic E-state index is 12.6. The van der Waals surface area contributed by atoms with Gasteiger partial charge in [-0.3, -0.25) is 9.59 Å². The lowest BCUT2D eigenvalue weighted by atomic mass is 9.79. The molecule has 1 saturated carbocycles. The largest absolute Gasteiger partial charge is 0.416 e. The number of amides is 2. The first-order valence-electron chi connectivity index (χ1n) is 11.0. The van der Waals surface area contributed by atoms with Crippen molar-refractivity contribution in [3.8, 4) is 0 Å². The lowest BCUT2D eigenvalue weighted by Crippen LogP contribution is -2.27. The number of rotatable bonds is 9. The first-order valence-corrected chi connectivity index (χ1v) is 12.8. The van der Waals surface area contributed by atoms with Crippen LogP contribution >= 0.6 is 23.1 Å². The Morgan fingerprint density at radius 1 is 1.09 bits per heavy atom. The standard InChI is InChI=1S/C22H27F3N4O2S2/c1-2-3-4-14-5-7-15(8-6-14)19(31)27-20-28-29-21(33-20)32-13-18(30)26-17-11-9-16(10-12-17)22(23,24)25/h9-12,14-15H,2-8,13H2,1H3,(H,26,30)(H,27,28,31). The second-order valence-corrected chi connectivity index (χ2v) is 10.3. The summed E-state index contributed by atoms with van der Waals surface area (Å²) in [5, 5.41) is 13.8. The number of benzene rings is 1. The molecule has 2 N–H and O–H groups in total. The molecule has 33 heavy (non-hydrogen) atoms. The summed E-state index contributed by atoms with van der Waals surface area (Å²) in [5.41, 5.74) is -0.494. The quantitative estimate of drug-likeness (QED) is 0.315. The molecule has 11 heteroatoms. The van der Waals surface area contributed by atoms with Crippen LogP contribution in [0.3, 0.4) is 0 Å². The topological polar surface area (TPSA) is 84.0 Å². The number of carbonyl (C=O) groups excluding carboxylic acids is 2. The number of alkyl halides is 3. The maximum Gasteiger partial charge on any atom is 0.416 e. The van der Waals surface area contributed by atoms with Crippen molar-refractivity contribution in [2.45, 2.75) is 62.4 Å². The Hall–Kier alpha value is -2.14. The van der Waals surface area contributed by atoms with E-state index in [0.717, 1.165) is 55.5 Å². The van der Waals surface area contributed by atoms with Gasteiger partial charge >= 0.3 is 6.18 Å². The molecule has 2 amide bonds. The molecular weight excluding hydrogens is 473 g/mol. The first-order chi connectivity index (χ1) is 15.7. The fourth-order valence-corrected chi connectivity index (χ4v) is 5.35. The minimum Gasteiger partial charge on any atom is -0.325 e. The number of carbonyl (C=O) groups is 2. The van der Waals surface area contributed by atoms with Crippen LogP contribution in [0, 0.1) is 11.8 Å². The first kappa shape index (κ1) is 25.5. The number of unbranched alkanes of at least 4 members (excludes halogenated alkanes) is 1. The Bertz CT molecular complexity index is 926. The van der Waals surface area contributed by atoms with E-state index in [1.807, 2.05) is 0 Å². The summed E-state index contributed by atoms with van der Waals surface area (Å²) >= 11 is 2.34. The van der Waals surface area contributed by atoms with Crippen molar-refractivity contribution < 1.29 is 22.8 Å². The van der Waals surface area contributed by atoms with Crippen LogP contribution in [0.5, 0.6) is 0 Å². The van der Waals surface area contributed by atoms with Crippen LogP contribution in [-0.2, 0) is 15.8 Å². The molecule has 0 bridgehead atoms. The van der Waals surface area contributed by atoms with Gasteiger partial charge in [-0.15, -0.1) is 10.2 Å².